The van der Waals surface area contributed by atoms with Crippen LogP contribution in [0, 0.1) is 44.0 Å². The van der Waals surface area contributed by atoms with E-state index in [1.54, 1.807) is 0 Å². The lowest BCUT2D eigenvalue weighted by molar-refractivity contribution is -1.92. The largest absolute Gasteiger partial charge is 0.264 e. The minimum Gasteiger partial charge on any atom is -0.264 e. The van der Waals surface area contributed by atoms with Crippen LogP contribution in [0.1, 0.15) is 6.42 Å². The summed E-state index contributed by atoms with van der Waals surface area (Å²) in [6.07, 6.45) is -0.129. The van der Waals surface area contributed by atoms with Crippen LogP contribution in [0.5, 0.6) is 0 Å². The Bertz CT molecular complexity index is 330. The standard InChI is InChI=1S/C7H8ClNO6/c10-8(11,12)15-7-3-1-2-4(5(2)7)6(3)9(13)14/h2-7H,1H2/t2-,3+,4?,5?,6-,7+/m1/s1. The van der Waals surface area contributed by atoms with E-state index in [-0.39, 0.29) is 22.7 Å². The maximum atomic E-state index is 10.7. The average Bonchev–Trinajstić information content (AvgIpc) is 2.40. The van der Waals surface area contributed by atoms with Gasteiger partial charge in [0.25, 0.3) is 0 Å². The maximum Gasteiger partial charge on any atom is 0.226 e. The van der Waals surface area contributed by atoms with Crippen LogP contribution in [0.4, 0.5) is 0 Å². The molecule has 0 aromatic carbocycles. The van der Waals surface area contributed by atoms with Crippen molar-refractivity contribution in [1.82, 2.24) is 0 Å². The fourth-order valence-electron chi connectivity index (χ4n) is 3.59. The number of halogens is 1. The lowest BCUT2D eigenvalue weighted by atomic mass is 10.1. The molecule has 4 bridgehead atoms. The van der Waals surface area contributed by atoms with Crippen molar-refractivity contribution in [3.8, 4) is 0 Å². The predicted octanol–water partition coefficient (Wildman–Crippen LogP) is -3.19. The molecule has 4 saturated carbocycles. The van der Waals surface area contributed by atoms with Gasteiger partial charge in [0.2, 0.25) is 12.1 Å². The van der Waals surface area contributed by atoms with Gasteiger partial charge in [-0.15, -0.1) is 0 Å². The van der Waals surface area contributed by atoms with E-state index in [1.165, 1.54) is 0 Å². The number of rotatable bonds is 3. The zero-order valence-corrected chi connectivity index (χ0v) is 8.20. The quantitative estimate of drug-likeness (QED) is 0.377. The smallest absolute Gasteiger partial charge is 0.226 e. The summed E-state index contributed by atoms with van der Waals surface area (Å²) in [5.74, 6) is -0.336. The van der Waals surface area contributed by atoms with E-state index in [0.29, 0.717) is 6.42 Å². The van der Waals surface area contributed by atoms with Crippen LogP contribution >= 0.6 is 0 Å². The van der Waals surface area contributed by atoms with Gasteiger partial charge in [-0.25, -0.2) is 0 Å². The van der Waals surface area contributed by atoms with Crippen molar-refractivity contribution in [1.29, 1.82) is 0 Å². The lowest BCUT2D eigenvalue weighted by Gasteiger charge is -2.17. The molecule has 0 aromatic rings. The highest BCUT2D eigenvalue weighted by atomic mass is 35.7. The molecule has 0 saturated heterocycles. The van der Waals surface area contributed by atoms with Gasteiger partial charge in [-0.05, 0) is 12.3 Å². The molecule has 0 aliphatic heterocycles. The van der Waals surface area contributed by atoms with Gasteiger partial charge in [0.15, 0.2) is 0 Å². The summed E-state index contributed by atoms with van der Waals surface area (Å²) in [5, 5.41) is 10.7. The van der Waals surface area contributed by atoms with Crippen molar-refractivity contribution in [2.24, 2.45) is 23.7 Å². The minimum absolute atomic E-state index is 0.0630. The van der Waals surface area contributed by atoms with E-state index in [0.717, 1.165) is 0 Å². The number of hydrogen-bond acceptors (Lipinski definition) is 6. The fourth-order valence-corrected chi connectivity index (χ4v) is 4.09. The molecule has 2 unspecified atom stereocenters. The second-order valence-corrected chi connectivity index (χ2v) is 5.36. The molecular formula is C7H8ClNO6. The van der Waals surface area contributed by atoms with Crippen LogP contribution in [0.15, 0.2) is 0 Å². The number of hydrogen-bond donors (Lipinski definition) is 0. The third-order valence-corrected chi connectivity index (χ3v) is 4.35. The lowest BCUT2D eigenvalue weighted by Crippen LogP contribution is -2.62. The van der Waals surface area contributed by atoms with Gasteiger partial charge >= 0.3 is 0 Å². The first-order valence-corrected chi connectivity index (χ1v) is 5.86. The highest BCUT2D eigenvalue weighted by molar-refractivity contribution is 5.21. The van der Waals surface area contributed by atoms with Gasteiger partial charge in [0.1, 0.15) is 0 Å². The van der Waals surface area contributed by atoms with Crippen molar-refractivity contribution >= 4 is 0 Å². The Morgan fingerprint density at radius 1 is 1.20 bits per heavy atom. The molecule has 0 radical (unpaired) electrons. The summed E-state index contributed by atoms with van der Waals surface area (Å²) in [6, 6.07) is -0.707. The molecule has 8 heteroatoms. The van der Waals surface area contributed by atoms with Crippen LogP contribution in [0.2, 0.25) is 0 Å². The van der Waals surface area contributed by atoms with Crippen LogP contribution in [-0.4, -0.2) is 17.1 Å². The molecule has 0 N–H and O–H groups in total. The Morgan fingerprint density at radius 3 is 2.27 bits per heavy atom. The van der Waals surface area contributed by atoms with Crippen LogP contribution in [-0.2, 0) is 4.29 Å². The fraction of sp³-hybridized carbons (Fsp3) is 1.00. The Morgan fingerprint density at radius 2 is 1.87 bits per heavy atom. The summed E-state index contributed by atoms with van der Waals surface area (Å²) in [5.41, 5.74) is 0. The monoisotopic (exact) mass is 237 g/mol. The second-order valence-electron chi connectivity index (χ2n) is 4.43. The summed E-state index contributed by atoms with van der Waals surface area (Å²) in [4.78, 5) is 10.3. The topological polar surface area (TPSA) is 122 Å². The Balaban J connectivity index is 1.78. The summed E-state index contributed by atoms with van der Waals surface area (Å²) < 4.78 is 35.6. The first-order chi connectivity index (χ1) is 6.90. The SMILES string of the molecule is O=[N+]([O-])[C@H]1C2C3[C@@H]2C[C@@H]1[C@@H]3O[Cl+3]([O-])([O-])[O-]. The molecule has 6 atom stereocenters. The van der Waals surface area contributed by atoms with Gasteiger partial charge in [0.05, 0.1) is 20.5 Å². The molecule has 4 rings (SSSR count). The summed E-state index contributed by atoms with van der Waals surface area (Å²) in [7, 11) is -4.47. The molecular weight excluding hydrogens is 230 g/mol. The second kappa shape index (κ2) is 2.61. The van der Waals surface area contributed by atoms with Gasteiger partial charge < -0.3 is 0 Å². The third kappa shape index (κ3) is 1.21. The average molecular weight is 238 g/mol. The normalized spacial score (nSPS) is 50.9. The molecule has 4 aliphatic carbocycles. The van der Waals surface area contributed by atoms with E-state index < -0.39 is 28.3 Å². The van der Waals surface area contributed by atoms with Crippen LogP contribution in [0.3, 0.4) is 0 Å². The molecule has 84 valence electrons. The van der Waals surface area contributed by atoms with Gasteiger partial charge in [-0.2, -0.15) is 14.0 Å². The Kier molecular flexibility index (Phi) is 1.69. The molecule has 7 nitrogen and oxygen atoms in total. The highest BCUT2D eigenvalue weighted by Crippen LogP contribution is 2.72. The summed E-state index contributed by atoms with van der Waals surface area (Å²) in [6.45, 7) is 0. The Labute approximate surface area is 86.5 Å². The zero-order valence-electron chi connectivity index (χ0n) is 7.45. The number of nitro groups is 1. The van der Waals surface area contributed by atoms with Gasteiger partial charge in [0, 0.05) is 16.8 Å². The van der Waals surface area contributed by atoms with E-state index in [2.05, 4.69) is 4.29 Å². The molecule has 4 aliphatic rings. The minimum atomic E-state index is -4.47. The Hall–Kier alpha value is -0.470. The van der Waals surface area contributed by atoms with Crippen molar-refractivity contribution in [2.75, 3.05) is 0 Å². The van der Waals surface area contributed by atoms with E-state index >= 15 is 0 Å². The van der Waals surface area contributed by atoms with Crippen LogP contribution < -0.4 is 14.0 Å². The molecule has 15 heavy (non-hydrogen) atoms. The van der Waals surface area contributed by atoms with Crippen molar-refractivity contribution in [3.05, 3.63) is 10.1 Å². The highest BCUT2D eigenvalue weighted by Gasteiger charge is 2.82. The molecule has 0 aromatic heterocycles. The van der Waals surface area contributed by atoms with E-state index in [9.17, 15) is 24.1 Å². The molecule has 0 spiro atoms. The first-order valence-electron chi connectivity index (χ1n) is 4.63. The summed E-state index contributed by atoms with van der Waals surface area (Å²) >= 11 is 0. The van der Waals surface area contributed by atoms with Crippen molar-refractivity contribution in [3.63, 3.8) is 0 Å². The molecule has 4 fully saturated rings. The van der Waals surface area contributed by atoms with E-state index in [4.69, 9.17) is 0 Å². The van der Waals surface area contributed by atoms with Crippen molar-refractivity contribution in [2.45, 2.75) is 18.6 Å². The van der Waals surface area contributed by atoms with Gasteiger partial charge in [-0.1, -0.05) is 0 Å². The third-order valence-electron chi connectivity index (χ3n) is 3.93. The van der Waals surface area contributed by atoms with Crippen LogP contribution in [0.25, 0.3) is 0 Å². The molecule has 0 heterocycles. The number of nitrogens with zero attached hydrogens (tertiary/aromatic N) is 1. The first kappa shape index (κ1) is 9.73. The van der Waals surface area contributed by atoms with Gasteiger partial charge in [-0.3, -0.25) is 10.1 Å². The predicted molar refractivity (Wildman–Crippen MR) is 34.2 cm³/mol. The van der Waals surface area contributed by atoms with Crippen molar-refractivity contribution < 1.29 is 33.4 Å². The molecule has 0 amide bonds. The zero-order chi connectivity index (χ0) is 11.0. The maximum absolute atomic E-state index is 10.7. The van der Waals surface area contributed by atoms with E-state index in [1.807, 2.05) is 0 Å².